The Bertz CT molecular complexity index is 1230. The number of ether oxygens (including phenoxy) is 1. The zero-order valence-electron chi connectivity index (χ0n) is 17.3. The summed E-state index contributed by atoms with van der Waals surface area (Å²) in [5, 5.41) is 0.714. The van der Waals surface area contributed by atoms with Crippen molar-refractivity contribution in [1.29, 1.82) is 0 Å². The Labute approximate surface area is 180 Å². The van der Waals surface area contributed by atoms with E-state index < -0.39 is 5.63 Å². The van der Waals surface area contributed by atoms with Crippen molar-refractivity contribution in [2.24, 2.45) is 0 Å². The molecule has 0 atom stereocenters. The van der Waals surface area contributed by atoms with E-state index >= 15 is 0 Å². The highest BCUT2D eigenvalue weighted by atomic mass is 16.5. The molecule has 31 heavy (non-hydrogen) atoms. The van der Waals surface area contributed by atoms with Gasteiger partial charge in [-0.25, -0.2) is 4.79 Å². The Balaban J connectivity index is 1.67. The van der Waals surface area contributed by atoms with Gasteiger partial charge >= 0.3 is 5.63 Å². The van der Waals surface area contributed by atoms with Gasteiger partial charge in [-0.05, 0) is 42.3 Å². The zero-order valence-corrected chi connectivity index (χ0v) is 17.3. The molecule has 0 aliphatic carbocycles. The van der Waals surface area contributed by atoms with Crippen LogP contribution >= 0.6 is 0 Å². The normalized spacial score (nSPS) is 10.7. The van der Waals surface area contributed by atoms with Gasteiger partial charge in [0.2, 0.25) is 0 Å². The molecule has 5 heteroatoms. The molecule has 5 nitrogen and oxygen atoms in total. The highest BCUT2D eigenvalue weighted by molar-refractivity contribution is 5.96. The van der Waals surface area contributed by atoms with Crippen LogP contribution in [0.15, 0.2) is 94.1 Å². The minimum absolute atomic E-state index is 0.0283. The van der Waals surface area contributed by atoms with E-state index in [0.717, 1.165) is 16.9 Å². The van der Waals surface area contributed by atoms with Gasteiger partial charge in [0.25, 0.3) is 5.91 Å². The van der Waals surface area contributed by atoms with E-state index in [9.17, 15) is 9.59 Å². The van der Waals surface area contributed by atoms with Gasteiger partial charge in [0.05, 0.1) is 6.61 Å². The van der Waals surface area contributed by atoms with Crippen LogP contribution < -0.4 is 10.4 Å². The summed E-state index contributed by atoms with van der Waals surface area (Å²) in [7, 11) is 0. The predicted molar refractivity (Wildman–Crippen MR) is 120 cm³/mol. The molecule has 156 valence electrons. The fourth-order valence-corrected chi connectivity index (χ4v) is 3.46. The van der Waals surface area contributed by atoms with E-state index in [1.165, 1.54) is 0 Å². The number of carbonyl (C=O) groups excluding carboxylic acids is 1. The number of hydrogen-bond acceptors (Lipinski definition) is 4. The summed E-state index contributed by atoms with van der Waals surface area (Å²) in [5.74, 6) is 0.416. The second kappa shape index (κ2) is 9.30. The molecule has 0 N–H and O–H groups in total. The highest BCUT2D eigenvalue weighted by Gasteiger charge is 2.21. The first-order chi connectivity index (χ1) is 15.1. The molecule has 4 rings (SSSR count). The summed E-state index contributed by atoms with van der Waals surface area (Å²) in [6, 6.07) is 26.1. The van der Waals surface area contributed by atoms with Gasteiger partial charge in [-0.1, -0.05) is 60.7 Å². The van der Waals surface area contributed by atoms with Crippen LogP contribution in [0.5, 0.6) is 5.75 Å². The molecule has 0 unspecified atom stereocenters. The zero-order chi connectivity index (χ0) is 21.6. The SMILES string of the molecule is CCOc1ccc(CN(Cc2ccccc2)C(=O)c2cc3ccccc3oc2=O)cc1. The van der Waals surface area contributed by atoms with Crippen LogP contribution in [0, 0.1) is 0 Å². The van der Waals surface area contributed by atoms with E-state index in [1.54, 1.807) is 23.1 Å². The maximum absolute atomic E-state index is 13.4. The average Bonchev–Trinajstić information content (AvgIpc) is 2.80. The number of benzene rings is 3. The lowest BCUT2D eigenvalue weighted by Gasteiger charge is -2.23. The molecule has 1 aromatic heterocycles. The molecule has 0 saturated carbocycles. The average molecular weight is 413 g/mol. The van der Waals surface area contributed by atoms with Crippen molar-refractivity contribution < 1.29 is 13.9 Å². The topological polar surface area (TPSA) is 59.8 Å². The van der Waals surface area contributed by atoms with Gasteiger partial charge < -0.3 is 14.1 Å². The maximum Gasteiger partial charge on any atom is 0.349 e. The number of carbonyl (C=O) groups is 1. The quantitative estimate of drug-likeness (QED) is 0.399. The first kappa shape index (κ1) is 20.4. The fraction of sp³-hybridized carbons (Fsp3) is 0.154. The number of amides is 1. The van der Waals surface area contributed by atoms with Crippen molar-refractivity contribution in [2.75, 3.05) is 6.61 Å². The summed E-state index contributed by atoms with van der Waals surface area (Å²) >= 11 is 0. The van der Waals surface area contributed by atoms with E-state index in [1.807, 2.05) is 73.7 Å². The van der Waals surface area contributed by atoms with Crippen molar-refractivity contribution in [3.8, 4) is 5.75 Å². The number of nitrogens with zero attached hydrogens (tertiary/aromatic N) is 1. The highest BCUT2D eigenvalue weighted by Crippen LogP contribution is 2.19. The van der Waals surface area contributed by atoms with Crippen molar-refractivity contribution in [3.05, 3.63) is 112 Å². The monoisotopic (exact) mass is 413 g/mol. The Morgan fingerprint density at radius 1 is 0.871 bits per heavy atom. The molecular formula is C26H23NO4. The summed E-state index contributed by atoms with van der Waals surface area (Å²) in [6.07, 6.45) is 0. The van der Waals surface area contributed by atoms with Crippen LogP contribution in [-0.2, 0) is 13.1 Å². The summed E-state index contributed by atoms with van der Waals surface area (Å²) in [6.45, 7) is 3.25. The van der Waals surface area contributed by atoms with Crippen LogP contribution in [0.3, 0.4) is 0 Å². The van der Waals surface area contributed by atoms with Crippen LogP contribution in [0.4, 0.5) is 0 Å². The Morgan fingerprint density at radius 3 is 2.23 bits per heavy atom. The van der Waals surface area contributed by atoms with Crippen LogP contribution in [0.25, 0.3) is 11.0 Å². The van der Waals surface area contributed by atoms with Crippen LogP contribution in [0.2, 0.25) is 0 Å². The van der Waals surface area contributed by atoms with Crippen LogP contribution in [0.1, 0.15) is 28.4 Å². The van der Waals surface area contributed by atoms with Gasteiger partial charge in [0.15, 0.2) is 0 Å². The Morgan fingerprint density at radius 2 is 1.52 bits per heavy atom. The lowest BCUT2D eigenvalue weighted by Crippen LogP contribution is -2.33. The van der Waals surface area contributed by atoms with E-state index in [4.69, 9.17) is 9.15 Å². The molecule has 0 aliphatic rings. The maximum atomic E-state index is 13.4. The molecule has 1 heterocycles. The number of hydrogen-bond donors (Lipinski definition) is 0. The minimum Gasteiger partial charge on any atom is -0.494 e. The lowest BCUT2D eigenvalue weighted by atomic mass is 10.1. The second-order valence-electron chi connectivity index (χ2n) is 7.21. The van der Waals surface area contributed by atoms with E-state index in [2.05, 4.69) is 0 Å². The van der Waals surface area contributed by atoms with Gasteiger partial charge in [0, 0.05) is 18.5 Å². The second-order valence-corrected chi connectivity index (χ2v) is 7.21. The number of rotatable bonds is 7. The Kier molecular flexibility index (Phi) is 6.13. The van der Waals surface area contributed by atoms with Gasteiger partial charge in [0.1, 0.15) is 16.9 Å². The van der Waals surface area contributed by atoms with Crippen molar-refractivity contribution in [3.63, 3.8) is 0 Å². The molecule has 0 aliphatic heterocycles. The predicted octanol–water partition coefficient (Wildman–Crippen LogP) is 5.03. The molecule has 0 fully saturated rings. The summed E-state index contributed by atoms with van der Waals surface area (Å²) in [4.78, 5) is 27.7. The molecule has 0 bridgehead atoms. The number of fused-ring (bicyclic) bond motifs is 1. The fourth-order valence-electron chi connectivity index (χ4n) is 3.46. The van der Waals surface area contributed by atoms with E-state index in [-0.39, 0.29) is 11.5 Å². The molecule has 1 amide bonds. The Hall–Kier alpha value is -3.86. The minimum atomic E-state index is -0.631. The molecule has 4 aromatic rings. The van der Waals surface area contributed by atoms with Gasteiger partial charge in [-0.15, -0.1) is 0 Å². The van der Waals surface area contributed by atoms with Crippen molar-refractivity contribution in [1.82, 2.24) is 4.90 Å². The molecule has 0 radical (unpaired) electrons. The molecule has 0 spiro atoms. The smallest absolute Gasteiger partial charge is 0.349 e. The first-order valence-electron chi connectivity index (χ1n) is 10.2. The largest absolute Gasteiger partial charge is 0.494 e. The summed E-state index contributed by atoms with van der Waals surface area (Å²) in [5.41, 5.74) is 1.78. The number of para-hydroxylation sites is 1. The summed E-state index contributed by atoms with van der Waals surface area (Å²) < 4.78 is 10.9. The van der Waals surface area contributed by atoms with Crippen molar-refractivity contribution in [2.45, 2.75) is 20.0 Å². The molecule has 0 saturated heterocycles. The third kappa shape index (κ3) is 4.83. The molecule has 3 aromatic carbocycles. The standard InChI is InChI=1S/C26H23NO4/c1-2-30-22-14-12-20(13-15-22)18-27(17-19-8-4-3-5-9-19)25(28)23-16-21-10-6-7-11-24(21)31-26(23)29/h3-16H,2,17-18H2,1H3. The third-order valence-electron chi connectivity index (χ3n) is 4.98. The third-order valence-corrected chi connectivity index (χ3v) is 4.98. The van der Waals surface area contributed by atoms with Gasteiger partial charge in [-0.3, -0.25) is 4.79 Å². The van der Waals surface area contributed by atoms with Gasteiger partial charge in [-0.2, -0.15) is 0 Å². The van der Waals surface area contributed by atoms with Crippen LogP contribution in [-0.4, -0.2) is 17.4 Å². The van der Waals surface area contributed by atoms with E-state index in [0.29, 0.717) is 30.7 Å². The van der Waals surface area contributed by atoms with Crippen molar-refractivity contribution >= 4 is 16.9 Å². The first-order valence-corrected chi connectivity index (χ1v) is 10.2. The molecular weight excluding hydrogens is 390 g/mol. The lowest BCUT2D eigenvalue weighted by molar-refractivity contribution is 0.0726.